The molecule has 1 rings (SSSR count). The summed E-state index contributed by atoms with van der Waals surface area (Å²) in [6.45, 7) is 0. The summed E-state index contributed by atoms with van der Waals surface area (Å²) < 4.78 is 178. The molecular weight excluding hydrogens is 447 g/mol. The van der Waals surface area contributed by atoms with Gasteiger partial charge in [-0.1, -0.05) is 0 Å². The molecule has 1 saturated heterocycles. The number of rotatable bonds is 3. The van der Waals surface area contributed by atoms with E-state index < -0.39 is 43.6 Å². The Kier molecular flexibility index (Phi) is 5.38. The van der Waals surface area contributed by atoms with E-state index in [1.54, 1.807) is 0 Å². The van der Waals surface area contributed by atoms with Gasteiger partial charge < -0.3 is 0 Å². The van der Waals surface area contributed by atoms with Crippen molar-refractivity contribution in [3.63, 3.8) is 0 Å². The Morgan fingerprint density at radius 2 is 0.704 bits per heavy atom. The van der Waals surface area contributed by atoms with E-state index in [-0.39, 0.29) is 21.3 Å². The van der Waals surface area contributed by atoms with Crippen molar-refractivity contribution >= 4 is 7.74 Å². The number of hydrogen-bond donors (Lipinski definition) is 0. The third-order valence-corrected chi connectivity index (χ3v) is 6.49. The van der Waals surface area contributed by atoms with E-state index in [0.29, 0.717) is 0 Å². The van der Waals surface area contributed by atoms with Gasteiger partial charge in [0.15, 0.2) is 0 Å². The van der Waals surface area contributed by atoms with Crippen molar-refractivity contribution < 1.29 is 75.3 Å². The second-order valence-corrected chi connectivity index (χ2v) is 7.78. The van der Waals surface area contributed by atoms with Gasteiger partial charge in [-0.05, 0) is 0 Å². The van der Waals surface area contributed by atoms with Crippen molar-refractivity contribution in [2.45, 2.75) is 35.9 Å². The molecular formula is C9H9F12O5P. The molecule has 0 spiro atoms. The van der Waals surface area contributed by atoms with Crippen molar-refractivity contribution in [2.75, 3.05) is 21.3 Å². The summed E-state index contributed by atoms with van der Waals surface area (Å²) >= 11 is 0. The van der Waals surface area contributed by atoms with Crippen LogP contribution in [0.3, 0.4) is 0 Å². The first-order valence-electron chi connectivity index (χ1n) is 6.06. The van der Waals surface area contributed by atoms with Gasteiger partial charge in [-0.3, -0.25) is 0 Å². The molecule has 5 nitrogen and oxygen atoms in total. The summed E-state index contributed by atoms with van der Waals surface area (Å²) in [6, 6.07) is 0. The molecule has 0 amide bonds. The van der Waals surface area contributed by atoms with E-state index in [1.807, 2.05) is 0 Å². The van der Waals surface area contributed by atoms with E-state index in [2.05, 4.69) is 22.6 Å². The van der Waals surface area contributed by atoms with Gasteiger partial charge in [-0.2, -0.15) is 0 Å². The van der Waals surface area contributed by atoms with E-state index in [9.17, 15) is 52.7 Å². The van der Waals surface area contributed by atoms with Crippen LogP contribution < -0.4 is 0 Å². The Labute approximate surface area is 141 Å². The van der Waals surface area contributed by atoms with Gasteiger partial charge in [0.05, 0.1) is 0 Å². The molecule has 0 N–H and O–H groups in total. The average molecular weight is 456 g/mol. The van der Waals surface area contributed by atoms with Crippen LogP contribution in [0.15, 0.2) is 0 Å². The molecule has 0 unspecified atom stereocenters. The molecule has 27 heavy (non-hydrogen) atoms. The van der Waals surface area contributed by atoms with E-state index in [1.165, 1.54) is 0 Å². The summed E-state index contributed by atoms with van der Waals surface area (Å²) in [5.41, 5.74) is -14.1. The molecule has 18 heteroatoms. The van der Waals surface area contributed by atoms with Crippen LogP contribution in [0.5, 0.6) is 0 Å². The average Bonchev–Trinajstić information content (AvgIpc) is 2.78. The normalized spacial score (nSPS) is 26.4. The summed E-state index contributed by atoms with van der Waals surface area (Å²) in [5.74, 6) is 0. The predicted molar refractivity (Wildman–Crippen MR) is 59.8 cm³/mol. The van der Waals surface area contributed by atoms with E-state index in [0.717, 1.165) is 0 Å². The monoisotopic (exact) mass is 456 g/mol. The summed E-state index contributed by atoms with van der Waals surface area (Å²) in [4.78, 5) is 0. The maximum absolute atomic E-state index is 13.3. The standard InChI is InChI=1S/C9H9F12O5P/c1-22-27(23-2,24-3)25-4(6(10,11)12,7(13,14)15)5(26-27,8(16,17)18)9(19,20)21/h1-3H3. The maximum atomic E-state index is 13.3. The second-order valence-electron chi connectivity index (χ2n) is 4.83. The number of hydrogen-bond acceptors (Lipinski definition) is 5. The van der Waals surface area contributed by atoms with Gasteiger partial charge in [0.1, 0.15) is 0 Å². The Morgan fingerprint density at radius 1 is 0.519 bits per heavy atom. The molecule has 0 radical (unpaired) electrons. The van der Waals surface area contributed by atoms with Crippen LogP contribution in [0.25, 0.3) is 0 Å². The second kappa shape index (κ2) is 5.95. The van der Waals surface area contributed by atoms with Gasteiger partial charge >= 0.3 is 140 Å². The van der Waals surface area contributed by atoms with Crippen LogP contribution in [0, 0.1) is 0 Å². The van der Waals surface area contributed by atoms with Crippen LogP contribution >= 0.6 is 7.74 Å². The molecule has 1 aliphatic heterocycles. The molecule has 1 aliphatic rings. The van der Waals surface area contributed by atoms with Crippen LogP contribution in [0.1, 0.15) is 0 Å². The van der Waals surface area contributed by atoms with Crippen LogP contribution in [-0.2, 0) is 22.6 Å². The fraction of sp³-hybridized carbons (Fsp3) is 1.00. The van der Waals surface area contributed by atoms with Gasteiger partial charge in [0, 0.05) is 0 Å². The van der Waals surface area contributed by atoms with Crippen molar-refractivity contribution in [3.05, 3.63) is 0 Å². The summed E-state index contributed by atoms with van der Waals surface area (Å²) in [6.07, 6.45) is -29.5. The molecule has 0 atom stereocenters. The molecule has 0 bridgehead atoms. The molecule has 0 saturated carbocycles. The molecule has 1 heterocycles. The number of alkyl halides is 12. The molecule has 0 aromatic heterocycles. The van der Waals surface area contributed by atoms with Crippen molar-refractivity contribution in [3.8, 4) is 0 Å². The van der Waals surface area contributed by atoms with Crippen molar-refractivity contribution in [2.24, 2.45) is 0 Å². The zero-order chi connectivity index (χ0) is 22.0. The molecule has 0 aromatic carbocycles. The van der Waals surface area contributed by atoms with Crippen LogP contribution in [0.4, 0.5) is 52.7 Å². The van der Waals surface area contributed by atoms with Crippen molar-refractivity contribution in [1.82, 2.24) is 0 Å². The number of halogens is 12. The van der Waals surface area contributed by atoms with E-state index in [4.69, 9.17) is 0 Å². The first-order valence-corrected chi connectivity index (χ1v) is 7.89. The zero-order valence-corrected chi connectivity index (χ0v) is 13.9. The Balaban J connectivity index is 4.30. The first-order chi connectivity index (χ1) is 11.7. The minimum absolute atomic E-state index is 0.0746. The Bertz CT molecular complexity index is 491. The SMILES string of the molecule is COP1(OC)(OC)OC(C(F)(F)F)(C(F)(F)F)C(C(F)(F)F)(C(F)(F)F)O1. The first kappa shape index (κ1) is 24.4. The molecule has 164 valence electrons. The van der Waals surface area contributed by atoms with Gasteiger partial charge in [-0.15, -0.1) is 0 Å². The van der Waals surface area contributed by atoms with Crippen molar-refractivity contribution in [1.29, 1.82) is 0 Å². The molecule has 0 aliphatic carbocycles. The predicted octanol–water partition coefficient (Wildman–Crippen LogP) is 4.83. The van der Waals surface area contributed by atoms with Crippen LogP contribution in [0.2, 0.25) is 0 Å². The third-order valence-electron chi connectivity index (χ3n) is 3.56. The van der Waals surface area contributed by atoms with Gasteiger partial charge in [0.2, 0.25) is 0 Å². The summed E-state index contributed by atoms with van der Waals surface area (Å²) in [5, 5.41) is 0. The molecule has 1 fully saturated rings. The van der Waals surface area contributed by atoms with Gasteiger partial charge in [-0.25, -0.2) is 0 Å². The minimum atomic E-state index is -7.38. The fourth-order valence-electron chi connectivity index (χ4n) is 2.37. The zero-order valence-electron chi connectivity index (χ0n) is 13.0. The summed E-state index contributed by atoms with van der Waals surface area (Å²) in [7, 11) is -6.97. The Morgan fingerprint density at radius 3 is 0.815 bits per heavy atom. The third kappa shape index (κ3) is 2.80. The van der Waals surface area contributed by atoms with E-state index >= 15 is 0 Å². The fourth-order valence-corrected chi connectivity index (χ4v) is 4.87. The Hall–Kier alpha value is -0.610. The van der Waals surface area contributed by atoms with Crippen LogP contribution in [-0.4, -0.2) is 57.2 Å². The quantitative estimate of drug-likeness (QED) is 0.450. The topological polar surface area (TPSA) is 46.2 Å². The molecule has 0 aromatic rings. The van der Waals surface area contributed by atoms with Gasteiger partial charge in [0.25, 0.3) is 0 Å².